The Morgan fingerprint density at radius 3 is 2.74 bits per heavy atom. The zero-order valence-corrected chi connectivity index (χ0v) is 12.5. The van der Waals surface area contributed by atoms with Crippen molar-refractivity contribution in [1.82, 2.24) is 4.98 Å². The Kier molecular flexibility index (Phi) is 4.62. The van der Waals surface area contributed by atoms with Crippen molar-refractivity contribution in [3.05, 3.63) is 72.2 Å². The Labute approximate surface area is 134 Å². The number of rotatable bonds is 5. The molecule has 0 bridgehead atoms. The van der Waals surface area contributed by atoms with Crippen LogP contribution in [0.2, 0.25) is 0 Å². The van der Waals surface area contributed by atoms with Crippen molar-refractivity contribution in [3.8, 4) is 17.0 Å². The first-order valence-electron chi connectivity index (χ1n) is 7.45. The summed E-state index contributed by atoms with van der Waals surface area (Å²) in [5, 5.41) is 0. The zero-order chi connectivity index (χ0) is 16.1. The van der Waals surface area contributed by atoms with Gasteiger partial charge in [-0.25, -0.2) is 4.39 Å². The van der Waals surface area contributed by atoms with E-state index in [1.165, 1.54) is 12.2 Å². The van der Waals surface area contributed by atoms with E-state index in [1.54, 1.807) is 6.08 Å². The van der Waals surface area contributed by atoms with Crippen LogP contribution < -0.4 is 4.74 Å². The van der Waals surface area contributed by atoms with Crippen LogP contribution >= 0.6 is 0 Å². The second-order valence-electron chi connectivity index (χ2n) is 5.25. The average Bonchev–Trinajstić information content (AvgIpc) is 2.58. The molecule has 2 aromatic rings. The number of aromatic nitrogens is 1. The Morgan fingerprint density at radius 2 is 2.04 bits per heavy atom. The van der Waals surface area contributed by atoms with Crippen molar-refractivity contribution in [3.63, 3.8) is 0 Å². The Hall–Kier alpha value is -2.75. The highest BCUT2D eigenvalue weighted by molar-refractivity contribution is 5.61. The molecule has 0 aliphatic heterocycles. The number of allylic oxidation sites excluding steroid dienone is 2. The molecule has 1 unspecified atom stereocenters. The molecule has 3 rings (SSSR count). The number of hydrogen-bond donors (Lipinski definition) is 0. The lowest BCUT2D eigenvalue weighted by atomic mass is 10.1. The molecule has 3 nitrogen and oxygen atoms in total. The van der Waals surface area contributed by atoms with Crippen molar-refractivity contribution in [2.75, 3.05) is 0 Å². The van der Waals surface area contributed by atoms with Crippen molar-refractivity contribution < 1.29 is 13.9 Å². The monoisotopic (exact) mass is 309 g/mol. The van der Waals surface area contributed by atoms with Gasteiger partial charge in [0.1, 0.15) is 24.0 Å². The van der Waals surface area contributed by atoms with Crippen LogP contribution in [0.1, 0.15) is 12.1 Å². The van der Waals surface area contributed by atoms with Gasteiger partial charge in [-0.2, -0.15) is 0 Å². The molecule has 0 spiro atoms. The minimum Gasteiger partial charge on any atom is -0.486 e. The van der Waals surface area contributed by atoms with Gasteiger partial charge in [0.05, 0.1) is 5.69 Å². The van der Waals surface area contributed by atoms with Crippen LogP contribution in [0, 0.1) is 0 Å². The molecule has 23 heavy (non-hydrogen) atoms. The minimum absolute atomic E-state index is 0.144. The van der Waals surface area contributed by atoms with E-state index in [4.69, 9.17) is 4.74 Å². The molecule has 1 aromatic carbocycles. The highest BCUT2D eigenvalue weighted by Gasteiger charge is 2.10. The molecule has 0 fully saturated rings. The van der Waals surface area contributed by atoms with Crippen LogP contribution in [0.5, 0.6) is 5.75 Å². The van der Waals surface area contributed by atoms with Crippen LogP contribution in [-0.4, -0.2) is 17.4 Å². The van der Waals surface area contributed by atoms with E-state index in [0.717, 1.165) is 29.0 Å². The number of carbonyl (C=O) groups is 1. The summed E-state index contributed by atoms with van der Waals surface area (Å²) in [5.41, 5.74) is 2.52. The topological polar surface area (TPSA) is 39.2 Å². The maximum absolute atomic E-state index is 12.9. The summed E-state index contributed by atoms with van der Waals surface area (Å²) in [7, 11) is 0. The number of benzene rings is 1. The number of pyridine rings is 1. The SMILES string of the molecule is O=CCc1cccc(-c2ccc(OC3C=CC(F)=CC3)cc2)n1. The summed E-state index contributed by atoms with van der Waals surface area (Å²) < 4.78 is 18.7. The van der Waals surface area contributed by atoms with E-state index in [9.17, 15) is 9.18 Å². The smallest absolute Gasteiger partial charge is 0.125 e. The summed E-state index contributed by atoms with van der Waals surface area (Å²) in [6, 6.07) is 13.2. The van der Waals surface area contributed by atoms with Crippen LogP contribution in [0.3, 0.4) is 0 Å². The van der Waals surface area contributed by atoms with Gasteiger partial charge in [-0.05, 0) is 54.6 Å². The first-order valence-corrected chi connectivity index (χ1v) is 7.45. The van der Waals surface area contributed by atoms with Crippen LogP contribution in [-0.2, 0) is 11.2 Å². The van der Waals surface area contributed by atoms with E-state index in [0.29, 0.717) is 12.8 Å². The first-order chi connectivity index (χ1) is 11.2. The average molecular weight is 309 g/mol. The Bertz CT molecular complexity index is 750. The lowest BCUT2D eigenvalue weighted by Gasteiger charge is -2.16. The number of carbonyl (C=O) groups excluding carboxylic acids is 1. The van der Waals surface area contributed by atoms with E-state index >= 15 is 0 Å². The second kappa shape index (κ2) is 7.01. The third-order valence-corrected chi connectivity index (χ3v) is 3.55. The molecule has 1 aliphatic rings. The maximum atomic E-state index is 12.9. The highest BCUT2D eigenvalue weighted by atomic mass is 19.1. The third-order valence-electron chi connectivity index (χ3n) is 3.55. The molecule has 0 saturated heterocycles. The predicted molar refractivity (Wildman–Crippen MR) is 86.8 cm³/mol. The van der Waals surface area contributed by atoms with Gasteiger partial charge in [0.15, 0.2) is 0 Å². The van der Waals surface area contributed by atoms with Gasteiger partial charge in [-0.15, -0.1) is 0 Å². The fourth-order valence-electron chi connectivity index (χ4n) is 2.38. The number of halogens is 1. The molecular formula is C19H16FNO2. The largest absolute Gasteiger partial charge is 0.486 e. The van der Waals surface area contributed by atoms with Gasteiger partial charge in [0, 0.05) is 24.1 Å². The van der Waals surface area contributed by atoms with Crippen LogP contribution in [0.25, 0.3) is 11.3 Å². The van der Waals surface area contributed by atoms with Gasteiger partial charge in [0.2, 0.25) is 0 Å². The third kappa shape index (κ3) is 3.92. The first kappa shape index (κ1) is 15.2. The van der Waals surface area contributed by atoms with Crippen LogP contribution in [0.4, 0.5) is 4.39 Å². The fraction of sp³-hybridized carbons (Fsp3) is 0.158. The Balaban J connectivity index is 1.71. The lowest BCUT2D eigenvalue weighted by Crippen LogP contribution is -2.14. The van der Waals surface area contributed by atoms with Gasteiger partial charge in [-0.3, -0.25) is 4.98 Å². The van der Waals surface area contributed by atoms with Gasteiger partial charge in [0.25, 0.3) is 0 Å². The van der Waals surface area contributed by atoms with E-state index in [2.05, 4.69) is 4.98 Å². The molecular weight excluding hydrogens is 293 g/mol. The number of aldehydes is 1. The molecule has 0 radical (unpaired) electrons. The van der Waals surface area contributed by atoms with Gasteiger partial charge < -0.3 is 9.53 Å². The zero-order valence-electron chi connectivity index (χ0n) is 12.5. The fourth-order valence-corrected chi connectivity index (χ4v) is 2.38. The van der Waals surface area contributed by atoms with Gasteiger partial charge >= 0.3 is 0 Å². The normalized spacial score (nSPS) is 16.7. The van der Waals surface area contributed by atoms with Crippen molar-refractivity contribution in [2.24, 2.45) is 0 Å². The van der Waals surface area contributed by atoms with Crippen molar-refractivity contribution in [1.29, 1.82) is 0 Å². The van der Waals surface area contributed by atoms with Crippen molar-refractivity contribution >= 4 is 6.29 Å². The molecule has 0 N–H and O–H groups in total. The van der Waals surface area contributed by atoms with E-state index in [-0.39, 0.29) is 11.9 Å². The predicted octanol–water partition coefficient (Wildman–Crippen LogP) is 4.05. The number of hydrogen-bond acceptors (Lipinski definition) is 3. The summed E-state index contributed by atoms with van der Waals surface area (Å²) in [6.45, 7) is 0. The number of ether oxygens (including phenoxy) is 1. The summed E-state index contributed by atoms with van der Waals surface area (Å²) in [5.74, 6) is 0.504. The molecule has 1 atom stereocenters. The highest BCUT2D eigenvalue weighted by Crippen LogP contribution is 2.23. The molecule has 0 amide bonds. The number of nitrogens with zero attached hydrogens (tertiary/aromatic N) is 1. The molecule has 116 valence electrons. The van der Waals surface area contributed by atoms with E-state index in [1.807, 2.05) is 42.5 Å². The molecule has 0 saturated carbocycles. The quantitative estimate of drug-likeness (QED) is 0.782. The molecule has 1 heterocycles. The summed E-state index contributed by atoms with van der Waals surface area (Å²) in [6.07, 6.45) is 6.19. The van der Waals surface area contributed by atoms with Crippen LogP contribution in [0.15, 0.2) is 66.5 Å². The molecule has 1 aromatic heterocycles. The second-order valence-corrected chi connectivity index (χ2v) is 5.25. The maximum Gasteiger partial charge on any atom is 0.125 e. The summed E-state index contributed by atoms with van der Waals surface area (Å²) in [4.78, 5) is 15.0. The van der Waals surface area contributed by atoms with Crippen molar-refractivity contribution in [2.45, 2.75) is 18.9 Å². The van der Waals surface area contributed by atoms with E-state index < -0.39 is 0 Å². The molecule has 4 heteroatoms. The Morgan fingerprint density at radius 1 is 1.22 bits per heavy atom. The standard InChI is InChI=1S/C19H16FNO2/c20-15-6-10-18(11-7-15)23-17-8-4-14(5-9-17)19-3-1-2-16(21-19)12-13-22/h1-10,13,18H,11-12H2. The molecule has 1 aliphatic carbocycles. The summed E-state index contributed by atoms with van der Waals surface area (Å²) >= 11 is 0. The van der Waals surface area contributed by atoms with Gasteiger partial charge in [-0.1, -0.05) is 6.07 Å². The minimum atomic E-state index is -0.221. The lowest BCUT2D eigenvalue weighted by molar-refractivity contribution is -0.107.